The Morgan fingerprint density at radius 3 is 2.50 bits per heavy atom. The number of fused-ring (bicyclic) bond motifs is 1. The summed E-state index contributed by atoms with van der Waals surface area (Å²) in [6, 6.07) is 14.6. The Hall–Kier alpha value is -2.60. The van der Waals surface area contributed by atoms with Crippen LogP contribution in [0.3, 0.4) is 0 Å². The van der Waals surface area contributed by atoms with Gasteiger partial charge in [0.25, 0.3) is 11.8 Å². The Kier molecular flexibility index (Phi) is 4.40. The number of carbonyl (C=O) groups excluding carboxylic acids is 2. The Bertz CT molecular complexity index is 908. The van der Waals surface area contributed by atoms with Crippen LogP contribution in [0.15, 0.2) is 53.0 Å². The average molecular weight is 386 g/mol. The van der Waals surface area contributed by atoms with Crippen molar-refractivity contribution in [3.63, 3.8) is 0 Å². The number of halogens is 1. The molecule has 3 rings (SSSR count). The van der Waals surface area contributed by atoms with Crippen LogP contribution < -0.4 is 10.6 Å². The van der Waals surface area contributed by atoms with E-state index in [4.69, 9.17) is 0 Å². The summed E-state index contributed by atoms with van der Waals surface area (Å²) in [4.78, 5) is 24.4. The van der Waals surface area contributed by atoms with Crippen LogP contribution in [0.25, 0.3) is 10.9 Å². The number of nitrogens with zero attached hydrogens (tertiary/aromatic N) is 1. The van der Waals surface area contributed by atoms with Crippen LogP contribution in [0.5, 0.6) is 0 Å². The maximum absolute atomic E-state index is 12.7. The number of hydrogen-bond acceptors (Lipinski definition) is 2. The zero-order valence-electron chi connectivity index (χ0n) is 13.3. The van der Waals surface area contributed by atoms with Crippen molar-refractivity contribution in [1.29, 1.82) is 0 Å². The molecular weight excluding hydrogens is 370 g/mol. The maximum atomic E-state index is 12.7. The first-order chi connectivity index (χ1) is 11.5. The number of aromatic nitrogens is 1. The molecule has 5 nitrogen and oxygen atoms in total. The monoisotopic (exact) mass is 385 g/mol. The van der Waals surface area contributed by atoms with Crippen molar-refractivity contribution in [2.45, 2.75) is 0 Å². The lowest BCUT2D eigenvalue weighted by Gasteiger charge is -2.08. The minimum absolute atomic E-state index is 0.197. The molecule has 3 aromatic rings. The Morgan fingerprint density at radius 2 is 1.79 bits per heavy atom. The predicted molar refractivity (Wildman–Crippen MR) is 98.4 cm³/mol. The van der Waals surface area contributed by atoms with E-state index in [1.165, 1.54) is 0 Å². The topological polar surface area (TPSA) is 63.1 Å². The second-order valence-corrected chi connectivity index (χ2v) is 6.15. The lowest BCUT2D eigenvalue weighted by molar-refractivity contribution is 0.0961. The van der Waals surface area contributed by atoms with E-state index in [1.807, 2.05) is 35.9 Å². The molecule has 6 heteroatoms. The minimum Gasteiger partial charge on any atom is -0.355 e. The normalized spacial score (nSPS) is 10.6. The molecule has 0 aliphatic heterocycles. The third kappa shape index (κ3) is 2.80. The summed E-state index contributed by atoms with van der Waals surface area (Å²) in [6.45, 7) is 0. The van der Waals surface area contributed by atoms with Gasteiger partial charge in [-0.05, 0) is 40.2 Å². The molecule has 2 N–H and O–H groups in total. The van der Waals surface area contributed by atoms with Crippen LogP contribution in [0.2, 0.25) is 0 Å². The van der Waals surface area contributed by atoms with E-state index in [1.54, 1.807) is 31.3 Å². The predicted octanol–water partition coefficient (Wildman–Crippen LogP) is 3.55. The van der Waals surface area contributed by atoms with E-state index >= 15 is 0 Å². The highest BCUT2D eigenvalue weighted by atomic mass is 79.9. The van der Waals surface area contributed by atoms with Gasteiger partial charge in [0.05, 0.1) is 4.47 Å². The summed E-state index contributed by atoms with van der Waals surface area (Å²) in [7, 11) is 3.42. The summed E-state index contributed by atoms with van der Waals surface area (Å²) < 4.78 is 2.60. The molecule has 0 saturated carbocycles. The largest absolute Gasteiger partial charge is 0.355 e. The summed E-state index contributed by atoms with van der Waals surface area (Å²) in [6.07, 6.45) is 0. The first kappa shape index (κ1) is 16.3. The molecule has 2 aromatic carbocycles. The van der Waals surface area contributed by atoms with Gasteiger partial charge in [0.2, 0.25) is 0 Å². The molecule has 1 heterocycles. The third-order valence-corrected chi connectivity index (χ3v) is 4.67. The maximum Gasteiger partial charge on any atom is 0.273 e. The number of nitrogens with one attached hydrogen (secondary N) is 2. The molecule has 1 aromatic heterocycles. The average Bonchev–Trinajstić information content (AvgIpc) is 2.86. The fourth-order valence-electron chi connectivity index (χ4n) is 2.67. The minimum atomic E-state index is -0.241. The van der Waals surface area contributed by atoms with Gasteiger partial charge in [-0.1, -0.05) is 24.3 Å². The van der Waals surface area contributed by atoms with Crippen molar-refractivity contribution in [2.24, 2.45) is 7.05 Å². The van der Waals surface area contributed by atoms with Gasteiger partial charge in [0.15, 0.2) is 0 Å². The molecule has 0 radical (unpaired) electrons. The van der Waals surface area contributed by atoms with Gasteiger partial charge in [-0.15, -0.1) is 0 Å². The number of anilines is 1. The van der Waals surface area contributed by atoms with E-state index in [-0.39, 0.29) is 11.8 Å². The van der Waals surface area contributed by atoms with Crippen molar-refractivity contribution in [2.75, 3.05) is 12.4 Å². The van der Waals surface area contributed by atoms with Crippen molar-refractivity contribution < 1.29 is 9.59 Å². The molecule has 0 aliphatic rings. The van der Waals surface area contributed by atoms with E-state index in [9.17, 15) is 9.59 Å². The van der Waals surface area contributed by atoms with Crippen LogP contribution in [0.4, 0.5) is 5.69 Å². The second-order valence-electron chi connectivity index (χ2n) is 5.35. The van der Waals surface area contributed by atoms with Crippen LogP contribution in [-0.4, -0.2) is 23.4 Å². The lowest BCUT2D eigenvalue weighted by Crippen LogP contribution is -2.19. The van der Waals surface area contributed by atoms with Crippen LogP contribution in [0.1, 0.15) is 20.8 Å². The molecular formula is C18H16BrN3O2. The number of para-hydroxylation sites is 1. The van der Waals surface area contributed by atoms with Gasteiger partial charge in [-0.3, -0.25) is 9.59 Å². The second kappa shape index (κ2) is 6.49. The van der Waals surface area contributed by atoms with Gasteiger partial charge >= 0.3 is 0 Å². The van der Waals surface area contributed by atoms with E-state index < -0.39 is 0 Å². The van der Waals surface area contributed by atoms with Gasteiger partial charge in [-0.2, -0.15) is 0 Å². The zero-order valence-corrected chi connectivity index (χ0v) is 14.8. The van der Waals surface area contributed by atoms with Crippen LogP contribution >= 0.6 is 15.9 Å². The van der Waals surface area contributed by atoms with Gasteiger partial charge in [0.1, 0.15) is 5.69 Å². The van der Waals surface area contributed by atoms with Crippen LogP contribution in [-0.2, 0) is 7.05 Å². The summed E-state index contributed by atoms with van der Waals surface area (Å²) in [5.41, 5.74) is 2.56. The molecule has 0 fully saturated rings. The standard InChI is InChI=1S/C18H16BrN3O2/c1-20-17(23)11-6-5-7-12(10-11)21-18(24)16-15(19)13-8-3-4-9-14(13)22(16)2/h3-10H,1-2H3,(H,20,23)(H,21,24). The highest BCUT2D eigenvalue weighted by molar-refractivity contribution is 9.10. The summed E-state index contributed by atoms with van der Waals surface area (Å²) >= 11 is 3.52. The highest BCUT2D eigenvalue weighted by Gasteiger charge is 2.19. The highest BCUT2D eigenvalue weighted by Crippen LogP contribution is 2.30. The number of aryl methyl sites for hydroxylation is 1. The first-order valence-corrected chi connectivity index (χ1v) is 8.18. The van der Waals surface area contributed by atoms with Crippen LogP contribution in [0, 0.1) is 0 Å². The lowest BCUT2D eigenvalue weighted by atomic mass is 10.2. The molecule has 2 amide bonds. The SMILES string of the molecule is CNC(=O)c1cccc(NC(=O)c2c(Br)c3ccccc3n2C)c1. The van der Waals surface area contributed by atoms with Crippen molar-refractivity contribution in [3.8, 4) is 0 Å². The number of hydrogen-bond donors (Lipinski definition) is 2. The zero-order chi connectivity index (χ0) is 17.3. The molecule has 0 saturated heterocycles. The van der Waals surface area contributed by atoms with Crippen molar-refractivity contribution >= 4 is 44.3 Å². The third-order valence-electron chi connectivity index (χ3n) is 3.87. The molecule has 0 atom stereocenters. The molecule has 0 aliphatic carbocycles. The van der Waals surface area contributed by atoms with E-state index in [0.29, 0.717) is 16.9 Å². The number of amides is 2. The van der Waals surface area contributed by atoms with Crippen molar-refractivity contribution in [3.05, 3.63) is 64.3 Å². The molecule has 24 heavy (non-hydrogen) atoms. The molecule has 122 valence electrons. The Balaban J connectivity index is 1.95. The fraction of sp³-hybridized carbons (Fsp3) is 0.111. The van der Waals surface area contributed by atoms with Gasteiger partial charge in [0, 0.05) is 36.2 Å². The Labute approximate surface area is 147 Å². The fourth-order valence-corrected chi connectivity index (χ4v) is 3.45. The van der Waals surface area contributed by atoms with Crippen molar-refractivity contribution in [1.82, 2.24) is 9.88 Å². The summed E-state index contributed by atoms with van der Waals surface area (Å²) in [5.74, 6) is -0.438. The molecule has 0 bridgehead atoms. The quantitative estimate of drug-likeness (QED) is 0.723. The van der Waals surface area contributed by atoms with Gasteiger partial charge < -0.3 is 15.2 Å². The van der Waals surface area contributed by atoms with E-state index in [2.05, 4.69) is 26.6 Å². The summed E-state index contributed by atoms with van der Waals surface area (Å²) in [5, 5.41) is 6.39. The first-order valence-electron chi connectivity index (χ1n) is 7.39. The Morgan fingerprint density at radius 1 is 1.04 bits per heavy atom. The number of rotatable bonds is 3. The molecule has 0 unspecified atom stereocenters. The smallest absolute Gasteiger partial charge is 0.273 e. The van der Waals surface area contributed by atoms with E-state index in [0.717, 1.165) is 15.4 Å². The van der Waals surface area contributed by atoms with Gasteiger partial charge in [-0.25, -0.2) is 0 Å². The number of carbonyl (C=O) groups is 2. The molecule has 0 spiro atoms. The number of benzene rings is 2.